The zero-order valence-electron chi connectivity index (χ0n) is 12.3. The van der Waals surface area contributed by atoms with Crippen LogP contribution in [0.4, 0.5) is 5.82 Å². The Balaban J connectivity index is 2.08. The zero-order valence-corrected chi connectivity index (χ0v) is 13.1. The largest absolute Gasteiger partial charge is 0.462 e. The van der Waals surface area contributed by atoms with E-state index >= 15 is 0 Å². The number of carbonyl (C=O) groups is 2. The van der Waals surface area contributed by atoms with Crippen LogP contribution in [0.25, 0.3) is 0 Å². The molecule has 0 bridgehead atoms. The molecule has 0 atom stereocenters. The Kier molecular flexibility index (Phi) is 5.23. The minimum absolute atomic E-state index is 0.101. The number of rotatable bonds is 6. The molecule has 0 saturated carbocycles. The summed E-state index contributed by atoms with van der Waals surface area (Å²) in [5.74, 6) is -0.509. The molecule has 3 N–H and O–H groups in total. The highest BCUT2D eigenvalue weighted by atomic mass is 32.1. The maximum atomic E-state index is 12.1. The number of nitrogens with zero attached hydrogens (tertiary/aromatic N) is 3. The number of ether oxygens (including phenoxy) is 1. The van der Waals surface area contributed by atoms with Crippen LogP contribution in [0.5, 0.6) is 0 Å². The molecule has 1 amide bonds. The number of hydrogen-bond acceptors (Lipinski definition) is 7. The predicted molar refractivity (Wildman–Crippen MR) is 81.5 cm³/mol. The number of anilines is 1. The minimum atomic E-state index is -0.523. The monoisotopic (exact) mass is 323 g/mol. The van der Waals surface area contributed by atoms with E-state index in [1.807, 2.05) is 0 Å². The van der Waals surface area contributed by atoms with Gasteiger partial charge >= 0.3 is 5.97 Å². The Morgan fingerprint density at radius 1 is 1.50 bits per heavy atom. The number of thiazole rings is 1. The van der Waals surface area contributed by atoms with Gasteiger partial charge in [-0.2, -0.15) is 5.10 Å². The van der Waals surface area contributed by atoms with E-state index in [-0.39, 0.29) is 24.5 Å². The molecule has 22 heavy (non-hydrogen) atoms. The molecule has 0 aliphatic rings. The number of esters is 1. The highest BCUT2D eigenvalue weighted by Crippen LogP contribution is 2.16. The lowest BCUT2D eigenvalue weighted by Crippen LogP contribution is -2.19. The third-order valence-electron chi connectivity index (χ3n) is 2.81. The standard InChI is InChI=1S/C13H17N5O3S/c1-3-21-13(20)9-6-15-18(2)12(9)17-10(19)4-8-7-22-11(5-14)16-8/h6-7H,3-5,14H2,1-2H3,(H,17,19). The molecule has 0 spiro atoms. The van der Waals surface area contributed by atoms with Crippen LogP contribution in [-0.2, 0) is 29.5 Å². The molecular formula is C13H17N5O3S. The summed E-state index contributed by atoms with van der Waals surface area (Å²) in [7, 11) is 1.63. The summed E-state index contributed by atoms with van der Waals surface area (Å²) < 4.78 is 6.34. The first-order valence-electron chi connectivity index (χ1n) is 6.67. The summed E-state index contributed by atoms with van der Waals surface area (Å²) in [6.45, 7) is 2.31. The van der Waals surface area contributed by atoms with E-state index in [1.54, 1.807) is 19.4 Å². The van der Waals surface area contributed by atoms with Gasteiger partial charge in [0.2, 0.25) is 5.91 Å². The van der Waals surface area contributed by atoms with Crippen LogP contribution in [-0.4, -0.2) is 33.2 Å². The van der Waals surface area contributed by atoms with Crippen LogP contribution < -0.4 is 11.1 Å². The highest BCUT2D eigenvalue weighted by Gasteiger charge is 2.19. The summed E-state index contributed by atoms with van der Waals surface area (Å²) in [5, 5.41) is 9.20. The van der Waals surface area contributed by atoms with Crippen molar-refractivity contribution < 1.29 is 14.3 Å². The molecule has 0 unspecified atom stereocenters. The van der Waals surface area contributed by atoms with Gasteiger partial charge in [0.25, 0.3) is 0 Å². The number of nitrogens with one attached hydrogen (secondary N) is 1. The molecule has 0 saturated heterocycles. The Morgan fingerprint density at radius 3 is 2.91 bits per heavy atom. The van der Waals surface area contributed by atoms with Crippen LogP contribution in [0, 0.1) is 0 Å². The summed E-state index contributed by atoms with van der Waals surface area (Å²) in [4.78, 5) is 28.1. The second-order valence-electron chi connectivity index (χ2n) is 4.41. The fraction of sp³-hybridized carbons (Fsp3) is 0.385. The Hall–Kier alpha value is -2.26. The van der Waals surface area contributed by atoms with Crippen LogP contribution in [0.15, 0.2) is 11.6 Å². The van der Waals surface area contributed by atoms with Gasteiger partial charge in [-0.1, -0.05) is 0 Å². The molecule has 2 aromatic heterocycles. The number of aryl methyl sites for hydroxylation is 1. The van der Waals surface area contributed by atoms with Crippen molar-refractivity contribution >= 4 is 29.0 Å². The smallest absolute Gasteiger partial charge is 0.343 e. The van der Waals surface area contributed by atoms with Crippen molar-refractivity contribution in [3.8, 4) is 0 Å². The molecule has 0 radical (unpaired) electrons. The fourth-order valence-electron chi connectivity index (χ4n) is 1.81. The van der Waals surface area contributed by atoms with E-state index in [2.05, 4.69) is 15.4 Å². The predicted octanol–water partition coefficient (Wildman–Crippen LogP) is 0.693. The van der Waals surface area contributed by atoms with E-state index < -0.39 is 5.97 Å². The molecule has 9 heteroatoms. The number of hydrogen-bond donors (Lipinski definition) is 2. The summed E-state index contributed by atoms with van der Waals surface area (Å²) >= 11 is 1.41. The lowest BCUT2D eigenvalue weighted by Gasteiger charge is -2.07. The lowest BCUT2D eigenvalue weighted by atomic mass is 10.3. The number of nitrogens with two attached hydrogens (primary N) is 1. The van der Waals surface area contributed by atoms with Crippen LogP contribution in [0.1, 0.15) is 28.0 Å². The van der Waals surface area contributed by atoms with Crippen LogP contribution >= 0.6 is 11.3 Å². The fourth-order valence-corrected chi connectivity index (χ4v) is 2.48. The van der Waals surface area contributed by atoms with Gasteiger partial charge in [-0.25, -0.2) is 9.78 Å². The lowest BCUT2D eigenvalue weighted by molar-refractivity contribution is -0.115. The summed E-state index contributed by atoms with van der Waals surface area (Å²) in [5.41, 5.74) is 6.35. The molecule has 0 aliphatic heterocycles. The average Bonchev–Trinajstić information content (AvgIpc) is 3.07. The second kappa shape index (κ2) is 7.14. The van der Waals surface area contributed by atoms with Crippen LogP contribution in [0.2, 0.25) is 0 Å². The normalized spacial score (nSPS) is 10.5. The van der Waals surface area contributed by atoms with Gasteiger partial charge < -0.3 is 15.8 Å². The van der Waals surface area contributed by atoms with E-state index in [0.717, 1.165) is 5.01 Å². The van der Waals surface area contributed by atoms with Crippen molar-refractivity contribution in [1.82, 2.24) is 14.8 Å². The molecule has 2 heterocycles. The molecule has 2 aromatic rings. The van der Waals surface area contributed by atoms with Gasteiger partial charge in [-0.15, -0.1) is 11.3 Å². The van der Waals surface area contributed by atoms with Crippen LogP contribution in [0.3, 0.4) is 0 Å². The maximum absolute atomic E-state index is 12.1. The van der Waals surface area contributed by atoms with E-state index in [1.165, 1.54) is 22.2 Å². The van der Waals surface area contributed by atoms with Gasteiger partial charge in [0.1, 0.15) is 16.4 Å². The Morgan fingerprint density at radius 2 is 2.27 bits per heavy atom. The van der Waals surface area contributed by atoms with Gasteiger partial charge in [0.15, 0.2) is 0 Å². The quantitative estimate of drug-likeness (QED) is 0.757. The molecule has 0 fully saturated rings. The number of amides is 1. The van der Waals surface area contributed by atoms with Gasteiger partial charge in [-0.3, -0.25) is 9.48 Å². The third-order valence-corrected chi connectivity index (χ3v) is 3.73. The maximum Gasteiger partial charge on any atom is 0.343 e. The van der Waals surface area contributed by atoms with Crippen molar-refractivity contribution in [1.29, 1.82) is 0 Å². The molecule has 8 nitrogen and oxygen atoms in total. The van der Waals surface area contributed by atoms with Crippen molar-refractivity contribution in [3.05, 3.63) is 27.8 Å². The summed E-state index contributed by atoms with van der Waals surface area (Å²) in [6.07, 6.45) is 1.47. The molecule has 2 rings (SSSR count). The number of carbonyl (C=O) groups excluding carboxylic acids is 2. The number of aromatic nitrogens is 3. The minimum Gasteiger partial charge on any atom is -0.462 e. The Bertz CT molecular complexity index is 679. The summed E-state index contributed by atoms with van der Waals surface area (Å²) in [6, 6.07) is 0. The van der Waals surface area contributed by atoms with Gasteiger partial charge in [-0.05, 0) is 6.92 Å². The van der Waals surface area contributed by atoms with E-state index in [9.17, 15) is 9.59 Å². The van der Waals surface area contributed by atoms with Crippen molar-refractivity contribution in [2.24, 2.45) is 12.8 Å². The molecule has 0 aliphatic carbocycles. The SMILES string of the molecule is CCOC(=O)c1cnn(C)c1NC(=O)Cc1csc(CN)n1. The molecule has 118 valence electrons. The first kappa shape index (κ1) is 16.1. The molecular weight excluding hydrogens is 306 g/mol. The Labute approximate surface area is 131 Å². The average molecular weight is 323 g/mol. The van der Waals surface area contributed by atoms with E-state index in [0.29, 0.717) is 18.1 Å². The third kappa shape index (κ3) is 3.68. The first-order chi connectivity index (χ1) is 10.5. The van der Waals surface area contributed by atoms with Crippen molar-refractivity contribution in [2.45, 2.75) is 19.9 Å². The molecule has 0 aromatic carbocycles. The van der Waals surface area contributed by atoms with Crippen molar-refractivity contribution in [2.75, 3.05) is 11.9 Å². The van der Waals surface area contributed by atoms with Crippen molar-refractivity contribution in [3.63, 3.8) is 0 Å². The van der Waals surface area contributed by atoms with E-state index in [4.69, 9.17) is 10.5 Å². The highest BCUT2D eigenvalue weighted by molar-refractivity contribution is 7.09. The van der Waals surface area contributed by atoms with Gasteiger partial charge in [0, 0.05) is 19.0 Å². The topological polar surface area (TPSA) is 112 Å². The second-order valence-corrected chi connectivity index (χ2v) is 5.36. The van der Waals surface area contributed by atoms with Gasteiger partial charge in [0.05, 0.1) is 24.9 Å². The first-order valence-corrected chi connectivity index (χ1v) is 7.55. The zero-order chi connectivity index (χ0) is 16.1.